The van der Waals surface area contributed by atoms with E-state index in [1.165, 1.54) is 0 Å². The number of carbonyl (C=O) groups is 2. The van der Waals surface area contributed by atoms with Gasteiger partial charge in [0, 0.05) is 18.1 Å². The van der Waals surface area contributed by atoms with Crippen molar-refractivity contribution in [2.75, 3.05) is 6.61 Å². The Balaban J connectivity index is 2.29. The van der Waals surface area contributed by atoms with Crippen molar-refractivity contribution in [2.45, 2.75) is 72.0 Å². The van der Waals surface area contributed by atoms with Gasteiger partial charge < -0.3 is 9.16 Å². The molecule has 1 aromatic carbocycles. The Bertz CT molecular complexity index is 828. The third kappa shape index (κ3) is 5.58. The van der Waals surface area contributed by atoms with Gasteiger partial charge in [0.2, 0.25) is 5.78 Å². The Hall–Kier alpha value is -1.98. The van der Waals surface area contributed by atoms with Gasteiger partial charge in [-0.05, 0) is 49.2 Å². The fraction of sp³-hybridized carbons (Fsp3) is 0.520. The molecule has 5 heteroatoms. The lowest BCUT2D eigenvalue weighted by atomic mass is 9.97. The van der Waals surface area contributed by atoms with E-state index < -0.39 is 14.3 Å². The first kappa shape index (κ1) is 24.3. The fourth-order valence-corrected chi connectivity index (χ4v) is 4.15. The second-order valence-corrected chi connectivity index (χ2v) is 14.3. The average molecular weight is 429 g/mol. The van der Waals surface area contributed by atoms with E-state index >= 15 is 0 Å². The number of Topliss-reactive ketones (excluding diaryl/α,β-unsaturated/α-hetero) is 1. The van der Waals surface area contributed by atoms with Gasteiger partial charge in [0.1, 0.15) is 0 Å². The maximum absolute atomic E-state index is 13.2. The Morgan fingerprint density at radius 3 is 2.37 bits per heavy atom. The molecule has 0 fully saturated rings. The minimum absolute atomic E-state index is 0.0852. The number of unbranched alkanes of at least 4 members (excludes halogenated alkanes) is 2. The van der Waals surface area contributed by atoms with Crippen LogP contribution in [0.4, 0.5) is 0 Å². The van der Waals surface area contributed by atoms with Gasteiger partial charge in [-0.15, -0.1) is 0 Å². The highest BCUT2D eigenvalue weighted by Crippen LogP contribution is 2.40. The molecule has 1 aliphatic carbocycles. The highest BCUT2D eigenvalue weighted by Gasteiger charge is 2.41. The number of esters is 1. The van der Waals surface area contributed by atoms with Gasteiger partial charge in [-0.2, -0.15) is 0 Å². The number of ether oxygens (including phenoxy) is 1. The van der Waals surface area contributed by atoms with Gasteiger partial charge in [0.15, 0.2) is 14.1 Å². The molecule has 164 valence electrons. The molecule has 0 radical (unpaired) electrons. The predicted octanol–water partition coefficient (Wildman–Crippen LogP) is 6.45. The molecule has 0 aromatic heterocycles. The summed E-state index contributed by atoms with van der Waals surface area (Å²) in [6, 6.07) is 8.77. The zero-order chi connectivity index (χ0) is 22.5. The van der Waals surface area contributed by atoms with Gasteiger partial charge in [0.05, 0.1) is 5.56 Å². The summed E-state index contributed by atoms with van der Waals surface area (Å²) < 4.78 is 12.0. The molecule has 0 bridgehead atoms. The van der Waals surface area contributed by atoms with Gasteiger partial charge in [0.25, 0.3) is 0 Å². The number of rotatable bonds is 8. The van der Waals surface area contributed by atoms with E-state index in [0.29, 0.717) is 17.7 Å². The molecule has 30 heavy (non-hydrogen) atoms. The van der Waals surface area contributed by atoms with Gasteiger partial charge in [-0.3, -0.25) is 4.79 Å². The Kier molecular flexibility index (Phi) is 8.00. The molecule has 0 saturated carbocycles. The molecule has 0 unspecified atom stereocenters. The molecule has 0 N–H and O–H groups in total. The lowest BCUT2D eigenvalue weighted by Gasteiger charge is -2.37. The third-order valence-electron chi connectivity index (χ3n) is 6.27. The second kappa shape index (κ2) is 9.88. The van der Waals surface area contributed by atoms with Gasteiger partial charge in [-0.1, -0.05) is 64.8 Å². The summed E-state index contributed by atoms with van der Waals surface area (Å²) in [6.07, 6.45) is 4.93. The Morgan fingerprint density at radius 1 is 1.17 bits per heavy atom. The number of hydrogen-bond acceptors (Lipinski definition) is 4. The van der Waals surface area contributed by atoms with Crippen LogP contribution in [0.15, 0.2) is 53.3 Å². The molecule has 1 atom stereocenters. The van der Waals surface area contributed by atoms with Crippen molar-refractivity contribution in [2.24, 2.45) is 5.92 Å². The van der Waals surface area contributed by atoms with Crippen LogP contribution in [0.2, 0.25) is 18.1 Å². The number of benzene rings is 1. The minimum Gasteiger partial charge on any atom is -0.419 e. The highest BCUT2D eigenvalue weighted by atomic mass is 28.4. The monoisotopic (exact) mass is 428 g/mol. The van der Waals surface area contributed by atoms with E-state index in [-0.39, 0.29) is 22.5 Å². The average Bonchev–Trinajstić information content (AvgIpc) is 2.90. The molecule has 0 amide bonds. The predicted molar refractivity (Wildman–Crippen MR) is 124 cm³/mol. The summed E-state index contributed by atoms with van der Waals surface area (Å²) in [6.45, 7) is 15.5. The van der Waals surface area contributed by atoms with Crippen molar-refractivity contribution < 1.29 is 18.8 Å². The van der Waals surface area contributed by atoms with E-state index in [2.05, 4.69) is 40.8 Å². The van der Waals surface area contributed by atoms with Crippen LogP contribution in [-0.2, 0) is 14.0 Å². The third-order valence-corrected chi connectivity index (χ3v) is 10.8. The van der Waals surface area contributed by atoms with Crippen molar-refractivity contribution >= 4 is 20.1 Å². The molecule has 0 aliphatic heterocycles. The maximum Gasteiger partial charge on any atom is 0.343 e. The van der Waals surface area contributed by atoms with Crippen LogP contribution in [0.1, 0.15) is 64.2 Å². The van der Waals surface area contributed by atoms with Crippen LogP contribution in [0.5, 0.6) is 0 Å². The standard InChI is InChI=1S/C25H36O4Si/c1-8-9-11-16-20-21(17-28-30(6,7)25(3,4)5)18(2)23(22(20)26)29-24(27)19-14-12-10-13-15-19/h10,12-16,21H,8-9,11,17H2,1-7H3/b20-16+/t21-/m0/s1. The van der Waals surface area contributed by atoms with Crippen molar-refractivity contribution in [1.29, 1.82) is 0 Å². The SMILES string of the molecule is CCCC/C=C1/C(=O)C(OC(=O)c2ccccc2)=C(C)[C@@H]1CO[Si](C)(C)C(C)(C)C. The smallest absolute Gasteiger partial charge is 0.343 e. The van der Waals surface area contributed by atoms with Crippen molar-refractivity contribution in [3.63, 3.8) is 0 Å². The number of allylic oxidation sites excluding steroid dienone is 2. The Morgan fingerprint density at radius 2 is 1.80 bits per heavy atom. The lowest BCUT2D eigenvalue weighted by molar-refractivity contribution is -0.114. The van der Waals surface area contributed by atoms with E-state index in [1.807, 2.05) is 19.1 Å². The summed E-state index contributed by atoms with van der Waals surface area (Å²) >= 11 is 0. The van der Waals surface area contributed by atoms with Crippen LogP contribution in [-0.4, -0.2) is 26.7 Å². The topological polar surface area (TPSA) is 52.6 Å². The van der Waals surface area contributed by atoms with E-state index in [4.69, 9.17) is 9.16 Å². The molecule has 0 spiro atoms. The van der Waals surface area contributed by atoms with Crippen LogP contribution < -0.4 is 0 Å². The fourth-order valence-electron chi connectivity index (χ4n) is 3.13. The summed E-state index contributed by atoms with van der Waals surface area (Å²) in [5.74, 6) is -0.689. The first-order valence-corrected chi connectivity index (χ1v) is 13.8. The second-order valence-electron chi connectivity index (χ2n) is 9.52. The van der Waals surface area contributed by atoms with E-state index in [9.17, 15) is 9.59 Å². The summed E-state index contributed by atoms with van der Waals surface area (Å²) in [5.41, 5.74) is 1.92. The molecule has 0 saturated heterocycles. The van der Waals surface area contributed by atoms with E-state index in [1.54, 1.807) is 24.3 Å². The van der Waals surface area contributed by atoms with Crippen molar-refractivity contribution in [1.82, 2.24) is 0 Å². The number of ketones is 1. The molecule has 2 rings (SSSR count). The largest absolute Gasteiger partial charge is 0.419 e. The van der Waals surface area contributed by atoms with Crippen molar-refractivity contribution in [3.8, 4) is 0 Å². The first-order valence-electron chi connectivity index (χ1n) is 10.9. The summed E-state index contributed by atoms with van der Waals surface area (Å²) in [5, 5.41) is 0.0852. The van der Waals surface area contributed by atoms with Gasteiger partial charge in [-0.25, -0.2) is 4.79 Å². The van der Waals surface area contributed by atoms with Crippen LogP contribution in [0.3, 0.4) is 0 Å². The van der Waals surface area contributed by atoms with Crippen molar-refractivity contribution in [3.05, 3.63) is 58.9 Å². The van der Waals surface area contributed by atoms with Gasteiger partial charge >= 0.3 is 5.97 Å². The molecule has 0 heterocycles. The highest BCUT2D eigenvalue weighted by molar-refractivity contribution is 6.74. The molecular formula is C25H36O4Si. The van der Waals surface area contributed by atoms with Crippen LogP contribution >= 0.6 is 0 Å². The quantitative estimate of drug-likeness (QED) is 0.206. The number of hydrogen-bond donors (Lipinski definition) is 0. The maximum atomic E-state index is 13.2. The lowest BCUT2D eigenvalue weighted by Crippen LogP contribution is -2.42. The first-order chi connectivity index (χ1) is 14.0. The molecule has 1 aromatic rings. The molecular weight excluding hydrogens is 392 g/mol. The zero-order valence-electron chi connectivity index (χ0n) is 19.5. The minimum atomic E-state index is -1.97. The summed E-state index contributed by atoms with van der Waals surface area (Å²) in [4.78, 5) is 25.7. The molecule has 4 nitrogen and oxygen atoms in total. The van der Waals surface area contributed by atoms with E-state index in [0.717, 1.165) is 24.8 Å². The Labute approximate surface area is 182 Å². The zero-order valence-corrected chi connectivity index (χ0v) is 20.5. The normalized spacial score (nSPS) is 19.0. The van der Waals surface area contributed by atoms with Crippen LogP contribution in [0.25, 0.3) is 0 Å². The summed E-state index contributed by atoms with van der Waals surface area (Å²) in [7, 11) is -1.97. The van der Waals surface area contributed by atoms with Crippen LogP contribution in [0, 0.1) is 5.92 Å². The number of carbonyl (C=O) groups excluding carboxylic acids is 2. The molecule has 1 aliphatic rings.